The highest BCUT2D eigenvalue weighted by Crippen LogP contribution is 2.27. The quantitative estimate of drug-likeness (QED) is 0.862. The molecule has 3 unspecified atom stereocenters. The molecule has 110 valence electrons. The fourth-order valence-electron chi connectivity index (χ4n) is 2.87. The number of aliphatic hydroxyl groups excluding tert-OH is 1. The van der Waals surface area contributed by atoms with Crippen LogP contribution in [-0.2, 0) is 0 Å². The molecule has 0 aliphatic carbocycles. The van der Waals surface area contributed by atoms with Gasteiger partial charge in [0.1, 0.15) is 11.6 Å². The molecule has 1 aliphatic rings. The van der Waals surface area contributed by atoms with Crippen LogP contribution in [0.1, 0.15) is 30.6 Å². The van der Waals surface area contributed by atoms with Gasteiger partial charge in [-0.25, -0.2) is 8.78 Å². The van der Waals surface area contributed by atoms with Crippen LogP contribution in [-0.4, -0.2) is 41.0 Å². The van der Waals surface area contributed by atoms with Crippen LogP contribution < -0.4 is 0 Å². The van der Waals surface area contributed by atoms with Crippen molar-refractivity contribution in [3.8, 4) is 0 Å². The number of Topliss-reactive ketones (excluding diaryl/α,β-unsaturated/α-hetero) is 1. The summed E-state index contributed by atoms with van der Waals surface area (Å²) in [6.07, 6.45) is 0.898. The topological polar surface area (TPSA) is 40.5 Å². The monoisotopic (exact) mass is 283 g/mol. The molecule has 1 aromatic rings. The Labute approximate surface area is 117 Å². The van der Waals surface area contributed by atoms with E-state index in [0.717, 1.165) is 18.6 Å². The lowest BCUT2D eigenvalue weighted by Crippen LogP contribution is -2.45. The zero-order valence-electron chi connectivity index (χ0n) is 11.6. The highest BCUT2D eigenvalue weighted by molar-refractivity contribution is 6.00. The maximum atomic E-state index is 13.7. The fraction of sp³-hybridized carbons (Fsp3) is 0.533. The largest absolute Gasteiger partial charge is 0.395 e. The number of hydrogen-bond acceptors (Lipinski definition) is 3. The number of rotatable bonds is 4. The van der Waals surface area contributed by atoms with Gasteiger partial charge in [-0.05, 0) is 37.9 Å². The molecule has 1 heterocycles. The van der Waals surface area contributed by atoms with Crippen molar-refractivity contribution in [1.82, 2.24) is 4.90 Å². The molecule has 3 nitrogen and oxygen atoms in total. The summed E-state index contributed by atoms with van der Waals surface area (Å²) in [4.78, 5) is 14.2. The minimum absolute atomic E-state index is 0.0231. The molecule has 0 radical (unpaired) electrons. The molecule has 1 N–H and O–H groups in total. The van der Waals surface area contributed by atoms with E-state index in [0.29, 0.717) is 12.5 Å². The van der Waals surface area contributed by atoms with Gasteiger partial charge in [-0.2, -0.15) is 0 Å². The van der Waals surface area contributed by atoms with Crippen molar-refractivity contribution in [1.29, 1.82) is 0 Å². The van der Waals surface area contributed by atoms with Crippen LogP contribution in [0.2, 0.25) is 0 Å². The fourth-order valence-corrected chi connectivity index (χ4v) is 2.87. The molecular formula is C15H19F2NO2. The van der Waals surface area contributed by atoms with Crippen molar-refractivity contribution < 1.29 is 18.7 Å². The molecule has 0 amide bonds. The summed E-state index contributed by atoms with van der Waals surface area (Å²) in [5, 5.41) is 9.42. The summed E-state index contributed by atoms with van der Waals surface area (Å²) < 4.78 is 26.6. The maximum absolute atomic E-state index is 13.7. The summed E-state index contributed by atoms with van der Waals surface area (Å²) in [6, 6.07) is 2.36. The summed E-state index contributed by atoms with van der Waals surface area (Å²) in [6.45, 7) is 4.40. The van der Waals surface area contributed by atoms with Crippen molar-refractivity contribution in [3.05, 3.63) is 35.4 Å². The Morgan fingerprint density at radius 1 is 1.50 bits per heavy atom. The lowest BCUT2D eigenvalue weighted by atomic mass is 10.0. The lowest BCUT2D eigenvalue weighted by Gasteiger charge is -2.30. The smallest absolute Gasteiger partial charge is 0.182 e. The number of carbonyl (C=O) groups is 1. The minimum atomic E-state index is -0.838. The number of hydrogen-bond donors (Lipinski definition) is 1. The second kappa shape index (κ2) is 5.97. The molecule has 0 aromatic heterocycles. The van der Waals surface area contributed by atoms with E-state index in [-0.39, 0.29) is 24.0 Å². The Balaban J connectivity index is 2.20. The van der Waals surface area contributed by atoms with Crippen LogP contribution >= 0.6 is 0 Å². The highest BCUT2D eigenvalue weighted by atomic mass is 19.1. The van der Waals surface area contributed by atoms with E-state index in [1.807, 2.05) is 11.8 Å². The van der Waals surface area contributed by atoms with Gasteiger partial charge in [-0.15, -0.1) is 0 Å². The third-order valence-corrected chi connectivity index (χ3v) is 4.19. The first-order chi connectivity index (χ1) is 9.45. The van der Waals surface area contributed by atoms with Crippen LogP contribution in [0.4, 0.5) is 8.78 Å². The SMILES string of the molecule is CC1CCN(C(C)C(=O)c2ccc(F)cc2F)C1CO. The van der Waals surface area contributed by atoms with Crippen LogP contribution in [0.5, 0.6) is 0 Å². The molecule has 0 bridgehead atoms. The van der Waals surface area contributed by atoms with Crippen LogP contribution in [0, 0.1) is 17.6 Å². The summed E-state index contributed by atoms with van der Waals surface area (Å²) >= 11 is 0. The molecule has 3 atom stereocenters. The molecule has 20 heavy (non-hydrogen) atoms. The molecule has 2 rings (SSSR count). The number of benzene rings is 1. The first-order valence-corrected chi connectivity index (χ1v) is 6.81. The van der Waals surface area contributed by atoms with E-state index >= 15 is 0 Å². The van der Waals surface area contributed by atoms with E-state index in [1.165, 1.54) is 6.07 Å². The van der Waals surface area contributed by atoms with Crippen molar-refractivity contribution in [2.24, 2.45) is 5.92 Å². The van der Waals surface area contributed by atoms with Crippen molar-refractivity contribution >= 4 is 5.78 Å². The molecule has 1 fully saturated rings. The minimum Gasteiger partial charge on any atom is -0.395 e. The first kappa shape index (κ1) is 15.1. The Kier molecular flexibility index (Phi) is 4.50. The van der Waals surface area contributed by atoms with E-state index in [4.69, 9.17) is 0 Å². The molecule has 1 aliphatic heterocycles. The van der Waals surface area contributed by atoms with Crippen LogP contribution in [0.25, 0.3) is 0 Å². The normalized spacial score (nSPS) is 24.9. The number of halogens is 2. The van der Waals surface area contributed by atoms with Gasteiger partial charge < -0.3 is 5.11 Å². The third kappa shape index (κ3) is 2.74. The average Bonchev–Trinajstić information content (AvgIpc) is 2.78. The summed E-state index contributed by atoms with van der Waals surface area (Å²) in [7, 11) is 0. The Morgan fingerprint density at radius 2 is 2.20 bits per heavy atom. The number of ketones is 1. The Hall–Kier alpha value is -1.33. The summed E-state index contributed by atoms with van der Waals surface area (Å²) in [5.41, 5.74) is -0.102. The van der Waals surface area contributed by atoms with Gasteiger partial charge in [-0.3, -0.25) is 9.69 Å². The van der Waals surface area contributed by atoms with E-state index < -0.39 is 17.7 Å². The van der Waals surface area contributed by atoms with E-state index in [2.05, 4.69) is 0 Å². The molecule has 0 saturated carbocycles. The Bertz CT molecular complexity index is 507. The third-order valence-electron chi connectivity index (χ3n) is 4.19. The predicted octanol–water partition coefficient (Wildman–Crippen LogP) is 2.24. The molecule has 1 saturated heterocycles. The number of carbonyl (C=O) groups excluding carboxylic acids is 1. The average molecular weight is 283 g/mol. The van der Waals surface area contributed by atoms with Crippen LogP contribution in [0.15, 0.2) is 18.2 Å². The van der Waals surface area contributed by atoms with Gasteiger partial charge >= 0.3 is 0 Å². The zero-order chi connectivity index (χ0) is 14.9. The van der Waals surface area contributed by atoms with Crippen molar-refractivity contribution in [2.75, 3.05) is 13.2 Å². The first-order valence-electron chi connectivity index (χ1n) is 6.81. The molecule has 1 aromatic carbocycles. The molecular weight excluding hydrogens is 264 g/mol. The Morgan fingerprint density at radius 3 is 2.80 bits per heavy atom. The summed E-state index contributed by atoms with van der Waals surface area (Å²) in [5.74, 6) is -1.62. The zero-order valence-corrected chi connectivity index (χ0v) is 11.6. The van der Waals surface area contributed by atoms with Crippen molar-refractivity contribution in [3.63, 3.8) is 0 Å². The van der Waals surface area contributed by atoms with E-state index in [1.54, 1.807) is 6.92 Å². The molecule has 5 heteroatoms. The van der Waals surface area contributed by atoms with Gasteiger partial charge in [0.15, 0.2) is 5.78 Å². The molecule has 0 spiro atoms. The van der Waals surface area contributed by atoms with Crippen LogP contribution in [0.3, 0.4) is 0 Å². The number of aliphatic hydroxyl groups is 1. The van der Waals surface area contributed by atoms with Gasteiger partial charge in [-0.1, -0.05) is 6.92 Å². The van der Waals surface area contributed by atoms with E-state index in [9.17, 15) is 18.7 Å². The second-order valence-electron chi connectivity index (χ2n) is 5.42. The predicted molar refractivity (Wildman–Crippen MR) is 71.5 cm³/mol. The maximum Gasteiger partial charge on any atom is 0.182 e. The van der Waals surface area contributed by atoms with Gasteiger partial charge in [0, 0.05) is 12.1 Å². The van der Waals surface area contributed by atoms with Gasteiger partial charge in [0.25, 0.3) is 0 Å². The van der Waals surface area contributed by atoms with Gasteiger partial charge in [0.05, 0.1) is 18.2 Å². The number of nitrogens with zero attached hydrogens (tertiary/aromatic N) is 1. The standard InChI is InChI=1S/C15H19F2NO2/c1-9-5-6-18(14(9)8-19)10(2)15(20)12-4-3-11(16)7-13(12)17/h3-4,7,9-10,14,19H,5-6,8H2,1-2H3. The highest BCUT2D eigenvalue weighted by Gasteiger charge is 2.36. The van der Waals surface area contributed by atoms with Crippen molar-refractivity contribution in [2.45, 2.75) is 32.4 Å². The number of likely N-dealkylation sites (tertiary alicyclic amines) is 1. The second-order valence-corrected chi connectivity index (χ2v) is 5.42. The van der Waals surface area contributed by atoms with Gasteiger partial charge in [0.2, 0.25) is 0 Å². The lowest BCUT2D eigenvalue weighted by molar-refractivity contribution is 0.0717.